The number of halogens is 1. The molecule has 0 aliphatic heterocycles. The van der Waals surface area contributed by atoms with Gasteiger partial charge in [0.1, 0.15) is 5.82 Å². The summed E-state index contributed by atoms with van der Waals surface area (Å²) < 4.78 is 13.0. The largest absolute Gasteiger partial charge is 0.326 e. The van der Waals surface area contributed by atoms with Gasteiger partial charge in [0.05, 0.1) is 5.56 Å². The van der Waals surface area contributed by atoms with E-state index in [0.29, 0.717) is 12.8 Å². The van der Waals surface area contributed by atoms with Crippen LogP contribution in [0.4, 0.5) is 4.39 Å². The SMILES string of the molecule is NCc1ccc(F)c(C#CC=O)c1. The first-order chi connectivity index (χ1) is 6.27. The lowest BCUT2D eigenvalue weighted by atomic mass is 10.1. The smallest absolute Gasteiger partial charge is 0.193 e. The number of rotatable bonds is 1. The molecule has 1 rings (SSSR count). The van der Waals surface area contributed by atoms with E-state index in [4.69, 9.17) is 5.73 Å². The second kappa shape index (κ2) is 4.39. The maximum Gasteiger partial charge on any atom is 0.193 e. The number of hydrogen-bond donors (Lipinski definition) is 1. The fourth-order valence-electron chi connectivity index (χ4n) is 0.902. The third-order valence-electron chi connectivity index (χ3n) is 1.53. The first-order valence-corrected chi connectivity index (χ1v) is 3.71. The second-order valence-corrected chi connectivity index (χ2v) is 2.41. The Kier molecular flexibility index (Phi) is 3.18. The average molecular weight is 177 g/mol. The predicted molar refractivity (Wildman–Crippen MR) is 47.2 cm³/mol. The number of nitrogens with two attached hydrogens (primary N) is 1. The van der Waals surface area contributed by atoms with Crippen LogP contribution in [0.2, 0.25) is 0 Å². The molecule has 0 atom stereocenters. The molecule has 3 heteroatoms. The fraction of sp³-hybridized carbons (Fsp3) is 0.100. The molecular formula is C10H8FNO. The van der Waals surface area contributed by atoms with Crippen molar-refractivity contribution in [2.24, 2.45) is 5.73 Å². The van der Waals surface area contributed by atoms with E-state index >= 15 is 0 Å². The van der Waals surface area contributed by atoms with E-state index in [1.165, 1.54) is 12.1 Å². The molecule has 2 nitrogen and oxygen atoms in total. The quantitative estimate of drug-likeness (QED) is 0.510. The van der Waals surface area contributed by atoms with Crippen LogP contribution in [0.5, 0.6) is 0 Å². The normalized spacial score (nSPS) is 8.77. The summed E-state index contributed by atoms with van der Waals surface area (Å²) in [5, 5.41) is 0. The molecule has 0 unspecified atom stereocenters. The van der Waals surface area contributed by atoms with Gasteiger partial charge in [-0.2, -0.15) is 0 Å². The number of benzene rings is 1. The van der Waals surface area contributed by atoms with Crippen molar-refractivity contribution in [3.8, 4) is 11.8 Å². The topological polar surface area (TPSA) is 43.1 Å². The molecule has 0 bridgehead atoms. The van der Waals surface area contributed by atoms with Crippen molar-refractivity contribution in [1.82, 2.24) is 0 Å². The Bertz CT molecular complexity index is 376. The van der Waals surface area contributed by atoms with Crippen molar-refractivity contribution >= 4 is 6.29 Å². The van der Waals surface area contributed by atoms with E-state index in [9.17, 15) is 9.18 Å². The van der Waals surface area contributed by atoms with Gasteiger partial charge < -0.3 is 5.73 Å². The van der Waals surface area contributed by atoms with Crippen LogP contribution in [0, 0.1) is 17.7 Å². The maximum absolute atomic E-state index is 13.0. The van der Waals surface area contributed by atoms with Gasteiger partial charge in [-0.3, -0.25) is 4.79 Å². The summed E-state index contributed by atoms with van der Waals surface area (Å²) in [6, 6.07) is 4.41. The minimum Gasteiger partial charge on any atom is -0.326 e. The lowest BCUT2D eigenvalue weighted by molar-refractivity contribution is -0.103. The van der Waals surface area contributed by atoms with Crippen LogP contribution < -0.4 is 5.73 Å². The molecule has 0 radical (unpaired) electrons. The third-order valence-corrected chi connectivity index (χ3v) is 1.53. The Labute approximate surface area is 75.6 Å². The number of carbonyl (C=O) groups excluding carboxylic acids is 1. The summed E-state index contributed by atoms with van der Waals surface area (Å²) in [5.41, 5.74) is 6.35. The predicted octanol–water partition coefficient (Wildman–Crippen LogP) is 0.835. The summed E-state index contributed by atoms with van der Waals surface area (Å²) in [5.74, 6) is 4.10. The van der Waals surface area contributed by atoms with Gasteiger partial charge in [0.15, 0.2) is 6.29 Å². The molecule has 0 saturated heterocycles. The Morgan fingerprint density at radius 3 is 2.92 bits per heavy atom. The lowest BCUT2D eigenvalue weighted by Crippen LogP contribution is -1.97. The van der Waals surface area contributed by atoms with E-state index in [2.05, 4.69) is 11.8 Å². The number of carbonyl (C=O) groups is 1. The summed E-state index contributed by atoms with van der Waals surface area (Å²) in [6.07, 6.45) is 0.425. The molecule has 66 valence electrons. The monoisotopic (exact) mass is 177 g/mol. The molecule has 0 fully saturated rings. The van der Waals surface area contributed by atoms with Crippen molar-refractivity contribution in [3.63, 3.8) is 0 Å². The first-order valence-electron chi connectivity index (χ1n) is 3.71. The Balaban J connectivity index is 3.10. The highest BCUT2D eigenvalue weighted by molar-refractivity contribution is 5.74. The lowest BCUT2D eigenvalue weighted by Gasteiger charge is -1.98. The van der Waals surface area contributed by atoms with Gasteiger partial charge in [0.2, 0.25) is 0 Å². The Morgan fingerprint density at radius 2 is 2.31 bits per heavy atom. The van der Waals surface area contributed by atoms with Gasteiger partial charge in [-0.1, -0.05) is 12.0 Å². The van der Waals surface area contributed by atoms with Crippen molar-refractivity contribution in [2.45, 2.75) is 6.54 Å². The molecule has 0 heterocycles. The van der Waals surface area contributed by atoms with E-state index in [1.54, 1.807) is 6.07 Å². The number of hydrogen-bond acceptors (Lipinski definition) is 2. The van der Waals surface area contributed by atoms with Crippen molar-refractivity contribution < 1.29 is 9.18 Å². The molecule has 0 aliphatic carbocycles. The molecule has 1 aromatic rings. The van der Waals surface area contributed by atoms with Crippen molar-refractivity contribution in [3.05, 3.63) is 35.1 Å². The van der Waals surface area contributed by atoms with Crippen LogP contribution in [0.25, 0.3) is 0 Å². The van der Waals surface area contributed by atoms with Crippen molar-refractivity contribution in [1.29, 1.82) is 0 Å². The van der Waals surface area contributed by atoms with Crippen LogP contribution in [0.15, 0.2) is 18.2 Å². The van der Waals surface area contributed by atoms with E-state index in [-0.39, 0.29) is 5.56 Å². The first kappa shape index (κ1) is 9.43. The van der Waals surface area contributed by atoms with E-state index in [1.807, 2.05) is 0 Å². The Hall–Kier alpha value is -1.66. The van der Waals surface area contributed by atoms with Gasteiger partial charge in [-0.25, -0.2) is 4.39 Å². The molecule has 0 amide bonds. The zero-order chi connectivity index (χ0) is 9.68. The van der Waals surface area contributed by atoms with E-state index < -0.39 is 5.82 Å². The third kappa shape index (κ3) is 2.39. The molecule has 0 aromatic heterocycles. The number of aldehydes is 1. The van der Waals surface area contributed by atoms with Gasteiger partial charge in [-0.15, -0.1) is 0 Å². The molecule has 0 spiro atoms. The van der Waals surface area contributed by atoms with Crippen LogP contribution in [0.1, 0.15) is 11.1 Å². The highest BCUT2D eigenvalue weighted by Gasteiger charge is 1.99. The van der Waals surface area contributed by atoms with Crippen LogP contribution in [0.3, 0.4) is 0 Å². The molecule has 0 saturated carbocycles. The maximum atomic E-state index is 13.0. The molecule has 1 aromatic carbocycles. The zero-order valence-corrected chi connectivity index (χ0v) is 6.88. The average Bonchev–Trinajstić information content (AvgIpc) is 2.17. The van der Waals surface area contributed by atoms with Crippen LogP contribution in [-0.2, 0) is 11.3 Å². The Morgan fingerprint density at radius 1 is 1.54 bits per heavy atom. The van der Waals surface area contributed by atoms with Crippen LogP contribution in [-0.4, -0.2) is 6.29 Å². The highest BCUT2D eigenvalue weighted by atomic mass is 19.1. The molecular weight excluding hydrogens is 169 g/mol. The summed E-state index contributed by atoms with van der Waals surface area (Å²) >= 11 is 0. The second-order valence-electron chi connectivity index (χ2n) is 2.41. The minimum atomic E-state index is -0.438. The van der Waals surface area contributed by atoms with Crippen molar-refractivity contribution in [2.75, 3.05) is 0 Å². The minimum absolute atomic E-state index is 0.204. The van der Waals surface area contributed by atoms with E-state index in [0.717, 1.165) is 5.56 Å². The van der Waals surface area contributed by atoms with Gasteiger partial charge in [0, 0.05) is 6.54 Å². The summed E-state index contributed by atoms with van der Waals surface area (Å²) in [4.78, 5) is 9.92. The standard InChI is InChI=1S/C10H8FNO/c11-10-4-3-8(7-12)6-9(10)2-1-5-13/h3-6H,7,12H2. The molecule has 2 N–H and O–H groups in total. The molecule has 13 heavy (non-hydrogen) atoms. The highest BCUT2D eigenvalue weighted by Crippen LogP contribution is 2.08. The summed E-state index contributed by atoms with van der Waals surface area (Å²) in [7, 11) is 0. The fourth-order valence-corrected chi connectivity index (χ4v) is 0.902. The van der Waals surface area contributed by atoms with Crippen LogP contribution >= 0.6 is 0 Å². The van der Waals surface area contributed by atoms with Gasteiger partial charge in [-0.05, 0) is 23.6 Å². The zero-order valence-electron chi connectivity index (χ0n) is 6.88. The molecule has 0 aliphatic rings. The van der Waals surface area contributed by atoms with Gasteiger partial charge >= 0.3 is 0 Å². The van der Waals surface area contributed by atoms with Gasteiger partial charge in [0.25, 0.3) is 0 Å². The summed E-state index contributed by atoms with van der Waals surface area (Å²) in [6.45, 7) is 0.329.